The summed E-state index contributed by atoms with van der Waals surface area (Å²) in [6, 6.07) is 8.81. The minimum absolute atomic E-state index is 0.191. The van der Waals surface area contributed by atoms with E-state index in [1.165, 1.54) is 10.6 Å². The summed E-state index contributed by atoms with van der Waals surface area (Å²) >= 11 is 0. The Morgan fingerprint density at radius 2 is 1.76 bits per heavy atom. The minimum Gasteiger partial charge on any atom is -0.494 e. The third-order valence-electron chi connectivity index (χ3n) is 5.23. The highest BCUT2D eigenvalue weighted by Crippen LogP contribution is 2.39. The molecule has 0 atom stereocenters. The summed E-state index contributed by atoms with van der Waals surface area (Å²) in [5.74, 6) is -0.557. The number of aromatic hydroxyl groups is 1. The van der Waals surface area contributed by atoms with Crippen molar-refractivity contribution in [2.24, 2.45) is 5.10 Å². The van der Waals surface area contributed by atoms with E-state index in [9.17, 15) is 23.1 Å². The summed E-state index contributed by atoms with van der Waals surface area (Å²) in [5.41, 5.74) is 4.69. The Kier molecular flexibility index (Phi) is 6.83. The first-order valence-electron chi connectivity index (χ1n) is 10.4. The van der Waals surface area contributed by atoms with Crippen molar-refractivity contribution in [3.63, 3.8) is 0 Å². The predicted octanol–water partition coefficient (Wildman–Crippen LogP) is 4.76. The Morgan fingerprint density at radius 3 is 2.33 bits per heavy atom. The molecule has 2 aromatic carbocycles. The summed E-state index contributed by atoms with van der Waals surface area (Å²) in [7, 11) is 3.69. The topological polar surface area (TPSA) is 69.9 Å². The van der Waals surface area contributed by atoms with E-state index in [0.717, 1.165) is 23.3 Å². The smallest absolute Gasteiger partial charge is 0.416 e. The lowest BCUT2D eigenvalue weighted by molar-refractivity contribution is -0.137. The molecule has 0 unspecified atom stereocenters. The number of hydrogen-bond donors (Lipinski definition) is 2. The second-order valence-corrected chi connectivity index (χ2v) is 8.40. The van der Waals surface area contributed by atoms with Crippen LogP contribution in [-0.4, -0.2) is 46.8 Å². The molecule has 3 aromatic rings. The van der Waals surface area contributed by atoms with Gasteiger partial charge in [0.1, 0.15) is 0 Å². The van der Waals surface area contributed by atoms with Crippen LogP contribution in [0.4, 0.5) is 13.2 Å². The number of nitrogens with one attached hydrogen (secondary N) is 1. The van der Waals surface area contributed by atoms with Gasteiger partial charge in [0, 0.05) is 24.0 Å². The van der Waals surface area contributed by atoms with Gasteiger partial charge in [-0.15, -0.1) is 0 Å². The van der Waals surface area contributed by atoms with Crippen molar-refractivity contribution in [2.75, 3.05) is 20.6 Å². The van der Waals surface area contributed by atoms with Crippen LogP contribution in [0.2, 0.25) is 0 Å². The quantitative estimate of drug-likeness (QED) is 0.412. The van der Waals surface area contributed by atoms with E-state index in [4.69, 9.17) is 0 Å². The molecule has 9 heteroatoms. The normalized spacial score (nSPS) is 12.6. The first kappa shape index (κ1) is 24.3. The number of rotatable bonds is 6. The average Bonchev–Trinajstić information content (AvgIpc) is 3.00. The molecule has 176 valence electrons. The molecule has 1 aromatic heterocycles. The van der Waals surface area contributed by atoms with E-state index < -0.39 is 11.7 Å². The van der Waals surface area contributed by atoms with Crippen LogP contribution >= 0.6 is 0 Å². The van der Waals surface area contributed by atoms with E-state index in [1.54, 1.807) is 19.1 Å². The standard InChI is InChI=1S/C24H27F3N4O2/c1-14-10-15(2)12-18(11-14)31-20-13-17(24(25,26)27)6-7-19(20)22(23(31)33)16(3)28-29-21(32)8-9-30(4)5/h6-7,10-13,33H,8-9H2,1-5H3,(H,29,32)/b28-16-. The molecule has 0 fully saturated rings. The lowest BCUT2D eigenvalue weighted by Crippen LogP contribution is -2.24. The zero-order valence-corrected chi connectivity index (χ0v) is 19.2. The zero-order chi connectivity index (χ0) is 24.5. The molecule has 2 N–H and O–H groups in total. The minimum atomic E-state index is -4.54. The number of aromatic nitrogens is 1. The van der Waals surface area contributed by atoms with Crippen LogP contribution in [0.3, 0.4) is 0 Å². The van der Waals surface area contributed by atoms with Gasteiger partial charge in [0.2, 0.25) is 11.8 Å². The monoisotopic (exact) mass is 460 g/mol. The molecule has 0 bridgehead atoms. The second kappa shape index (κ2) is 9.27. The number of nitrogens with zero attached hydrogens (tertiary/aromatic N) is 3. The number of carbonyl (C=O) groups is 1. The fourth-order valence-electron chi connectivity index (χ4n) is 3.73. The van der Waals surface area contributed by atoms with E-state index >= 15 is 0 Å². The van der Waals surface area contributed by atoms with Crippen molar-refractivity contribution < 1.29 is 23.1 Å². The summed E-state index contributed by atoms with van der Waals surface area (Å²) < 4.78 is 41.7. The maximum Gasteiger partial charge on any atom is 0.416 e. The Hall–Kier alpha value is -3.33. The number of benzene rings is 2. The number of amides is 1. The van der Waals surface area contributed by atoms with E-state index in [0.29, 0.717) is 17.6 Å². The fraction of sp³-hybridized carbons (Fsp3) is 0.333. The van der Waals surface area contributed by atoms with Crippen LogP contribution in [0.15, 0.2) is 41.5 Å². The third-order valence-corrected chi connectivity index (χ3v) is 5.23. The van der Waals surface area contributed by atoms with Gasteiger partial charge in [0.05, 0.1) is 22.4 Å². The van der Waals surface area contributed by atoms with Crippen molar-refractivity contribution in [3.8, 4) is 11.6 Å². The molecule has 0 aliphatic heterocycles. The number of fused-ring (bicyclic) bond motifs is 1. The van der Waals surface area contributed by atoms with Crippen molar-refractivity contribution in [1.29, 1.82) is 0 Å². The molecule has 0 aliphatic carbocycles. The summed E-state index contributed by atoms with van der Waals surface area (Å²) in [6.45, 7) is 5.87. The Labute approximate surface area is 190 Å². The van der Waals surface area contributed by atoms with Gasteiger partial charge in [-0.3, -0.25) is 9.36 Å². The molecule has 0 radical (unpaired) electrons. The first-order chi connectivity index (χ1) is 15.4. The van der Waals surface area contributed by atoms with Crippen LogP contribution in [0.1, 0.15) is 35.6 Å². The molecule has 33 heavy (non-hydrogen) atoms. The van der Waals surface area contributed by atoms with Gasteiger partial charge in [0.15, 0.2) is 0 Å². The number of halogens is 3. The third kappa shape index (κ3) is 5.36. The van der Waals surface area contributed by atoms with E-state index in [1.807, 2.05) is 38.9 Å². The van der Waals surface area contributed by atoms with Crippen molar-refractivity contribution >= 4 is 22.5 Å². The zero-order valence-electron chi connectivity index (χ0n) is 19.2. The molecule has 0 saturated carbocycles. The number of hydrazone groups is 1. The molecular weight excluding hydrogens is 433 g/mol. The lowest BCUT2D eigenvalue weighted by atomic mass is 10.1. The summed E-state index contributed by atoms with van der Waals surface area (Å²) in [6.07, 6.45) is -4.31. The molecule has 0 aliphatic rings. The maximum atomic E-state index is 13.4. The van der Waals surface area contributed by atoms with Gasteiger partial charge in [-0.05, 0) is 70.3 Å². The van der Waals surface area contributed by atoms with Crippen molar-refractivity contribution in [3.05, 3.63) is 58.7 Å². The average molecular weight is 461 g/mol. The van der Waals surface area contributed by atoms with Gasteiger partial charge >= 0.3 is 6.18 Å². The summed E-state index contributed by atoms with van der Waals surface area (Å²) in [5, 5.41) is 15.6. The van der Waals surface area contributed by atoms with Gasteiger partial charge in [-0.1, -0.05) is 12.1 Å². The number of alkyl halides is 3. The molecule has 0 saturated heterocycles. The highest BCUT2D eigenvalue weighted by Gasteiger charge is 2.32. The maximum absolute atomic E-state index is 13.4. The van der Waals surface area contributed by atoms with Crippen molar-refractivity contribution in [2.45, 2.75) is 33.4 Å². The van der Waals surface area contributed by atoms with Gasteiger partial charge in [0.25, 0.3) is 0 Å². The highest BCUT2D eigenvalue weighted by atomic mass is 19.4. The first-order valence-corrected chi connectivity index (χ1v) is 10.4. The molecule has 6 nitrogen and oxygen atoms in total. The number of hydrogen-bond acceptors (Lipinski definition) is 4. The van der Waals surface area contributed by atoms with Gasteiger partial charge in [-0.2, -0.15) is 18.3 Å². The van der Waals surface area contributed by atoms with Crippen LogP contribution in [-0.2, 0) is 11.0 Å². The largest absolute Gasteiger partial charge is 0.494 e. The highest BCUT2D eigenvalue weighted by molar-refractivity contribution is 6.13. The molecule has 1 heterocycles. The lowest BCUT2D eigenvalue weighted by Gasteiger charge is -2.11. The molecule has 1 amide bonds. The molecular formula is C24H27F3N4O2. The van der Waals surface area contributed by atoms with Crippen molar-refractivity contribution in [1.82, 2.24) is 14.9 Å². The predicted molar refractivity (Wildman–Crippen MR) is 123 cm³/mol. The van der Waals surface area contributed by atoms with Crippen LogP contribution in [0.5, 0.6) is 5.88 Å². The molecule has 3 rings (SSSR count). The Balaban J connectivity index is 2.17. The number of aryl methyl sites for hydroxylation is 2. The van der Waals surface area contributed by atoms with Crippen LogP contribution in [0, 0.1) is 13.8 Å². The Bertz CT molecular complexity index is 1210. The summed E-state index contributed by atoms with van der Waals surface area (Å²) in [4.78, 5) is 13.9. The van der Waals surface area contributed by atoms with Crippen LogP contribution in [0.25, 0.3) is 16.6 Å². The molecule has 0 spiro atoms. The van der Waals surface area contributed by atoms with Gasteiger partial charge in [-0.25, -0.2) is 5.43 Å². The number of carbonyl (C=O) groups excluding carboxylic acids is 1. The van der Waals surface area contributed by atoms with E-state index in [-0.39, 0.29) is 35.0 Å². The SMILES string of the molecule is C/C(=N/NC(=O)CCN(C)C)c1c(O)n(-c2cc(C)cc(C)c2)c2cc(C(F)(F)F)ccc12. The fourth-order valence-corrected chi connectivity index (χ4v) is 3.73. The van der Waals surface area contributed by atoms with E-state index in [2.05, 4.69) is 10.5 Å². The second-order valence-electron chi connectivity index (χ2n) is 8.40. The Morgan fingerprint density at radius 1 is 1.12 bits per heavy atom. The van der Waals surface area contributed by atoms with Crippen LogP contribution < -0.4 is 5.43 Å². The van der Waals surface area contributed by atoms with Gasteiger partial charge < -0.3 is 10.0 Å².